The highest BCUT2D eigenvalue weighted by atomic mass is 79.9. The Balaban J connectivity index is 2.52. The third kappa shape index (κ3) is 7.58. The Hall–Kier alpha value is -1.47. The van der Waals surface area contributed by atoms with Gasteiger partial charge in [-0.25, -0.2) is 0 Å². The smallest absolute Gasteiger partial charge is 0.191 e. The molecule has 0 radical (unpaired) electrons. The van der Waals surface area contributed by atoms with E-state index >= 15 is 0 Å². The Morgan fingerprint density at radius 2 is 1.78 bits per heavy atom. The molecule has 0 aromatic heterocycles. The number of rotatable bonds is 10. The minimum absolute atomic E-state index is 0.561. The van der Waals surface area contributed by atoms with Crippen molar-refractivity contribution < 1.29 is 9.47 Å². The number of benzene rings is 1. The van der Waals surface area contributed by atoms with E-state index in [1.165, 1.54) is 0 Å². The average molecular weight is 443 g/mol. The maximum atomic E-state index is 5.40. The predicted molar refractivity (Wildman–Crippen MR) is 117 cm³/mol. The molecule has 7 heteroatoms. The summed E-state index contributed by atoms with van der Waals surface area (Å²) in [5.41, 5.74) is 1.08. The van der Waals surface area contributed by atoms with Gasteiger partial charge in [-0.2, -0.15) is 0 Å². The van der Waals surface area contributed by atoms with Gasteiger partial charge < -0.3 is 20.1 Å². The van der Waals surface area contributed by atoms with Gasteiger partial charge in [-0.15, -0.1) is 0 Å². The summed E-state index contributed by atoms with van der Waals surface area (Å²) < 4.78 is 11.6. The quantitative estimate of drug-likeness (QED) is 0.329. The normalized spacial score (nSPS) is 12.0. The van der Waals surface area contributed by atoms with Crippen LogP contribution in [0.3, 0.4) is 0 Å². The van der Waals surface area contributed by atoms with Gasteiger partial charge in [0.2, 0.25) is 0 Å². The van der Waals surface area contributed by atoms with Crippen molar-refractivity contribution in [1.29, 1.82) is 0 Å². The van der Waals surface area contributed by atoms with E-state index in [2.05, 4.69) is 64.2 Å². The second-order valence-corrected chi connectivity index (χ2v) is 7.80. The first-order chi connectivity index (χ1) is 12.8. The number of ether oxygens (including phenoxy) is 2. The summed E-state index contributed by atoms with van der Waals surface area (Å²) in [7, 11) is 5.06. The van der Waals surface area contributed by atoms with Crippen molar-refractivity contribution in [2.45, 2.75) is 52.7 Å². The van der Waals surface area contributed by atoms with Crippen molar-refractivity contribution in [3.8, 4) is 11.5 Å². The average Bonchev–Trinajstić information content (AvgIpc) is 2.62. The molecule has 2 N–H and O–H groups in total. The summed E-state index contributed by atoms with van der Waals surface area (Å²) >= 11 is 3.53. The molecule has 0 amide bonds. The van der Waals surface area contributed by atoms with Gasteiger partial charge in [0.05, 0.1) is 18.7 Å². The molecular formula is C20H35BrN4O2. The van der Waals surface area contributed by atoms with E-state index < -0.39 is 0 Å². The lowest BCUT2D eigenvalue weighted by Gasteiger charge is -2.30. The van der Waals surface area contributed by atoms with E-state index in [4.69, 9.17) is 9.47 Å². The first-order valence-corrected chi connectivity index (χ1v) is 10.2. The van der Waals surface area contributed by atoms with E-state index in [-0.39, 0.29) is 0 Å². The molecule has 0 saturated heterocycles. The number of nitrogens with zero attached hydrogens (tertiary/aromatic N) is 2. The van der Waals surface area contributed by atoms with Crippen molar-refractivity contribution in [3.05, 3.63) is 22.2 Å². The number of guanidine groups is 1. The fourth-order valence-corrected chi connectivity index (χ4v) is 3.71. The molecule has 0 aliphatic rings. The summed E-state index contributed by atoms with van der Waals surface area (Å²) in [6.07, 6.45) is 1.07. The van der Waals surface area contributed by atoms with Crippen LogP contribution in [0.2, 0.25) is 0 Å². The molecular weight excluding hydrogens is 408 g/mol. The number of halogens is 1. The highest BCUT2D eigenvalue weighted by Crippen LogP contribution is 2.36. The second kappa shape index (κ2) is 12.1. The maximum Gasteiger partial charge on any atom is 0.191 e. The highest BCUT2D eigenvalue weighted by Gasteiger charge is 2.13. The van der Waals surface area contributed by atoms with Gasteiger partial charge in [0.1, 0.15) is 0 Å². The first kappa shape index (κ1) is 23.6. The van der Waals surface area contributed by atoms with Gasteiger partial charge in [0.15, 0.2) is 17.5 Å². The molecule has 0 aliphatic carbocycles. The number of methoxy groups -OCH3 is 2. The fourth-order valence-electron chi connectivity index (χ4n) is 3.06. The Kier molecular flexibility index (Phi) is 10.5. The van der Waals surface area contributed by atoms with Gasteiger partial charge in [-0.3, -0.25) is 9.89 Å². The monoisotopic (exact) mass is 442 g/mol. The molecule has 1 aromatic carbocycles. The summed E-state index contributed by atoms with van der Waals surface area (Å²) in [6, 6.07) is 5.11. The van der Waals surface area contributed by atoms with Crippen LogP contribution in [0.4, 0.5) is 0 Å². The second-order valence-electron chi connectivity index (χ2n) is 6.94. The maximum absolute atomic E-state index is 5.40. The van der Waals surface area contributed by atoms with E-state index in [1.54, 1.807) is 21.3 Å². The molecule has 1 aromatic rings. The van der Waals surface area contributed by atoms with Gasteiger partial charge >= 0.3 is 0 Å². The number of nitrogens with one attached hydrogen (secondary N) is 2. The third-order valence-corrected chi connectivity index (χ3v) is 4.98. The molecule has 154 valence electrons. The van der Waals surface area contributed by atoms with Gasteiger partial charge in [0.25, 0.3) is 0 Å². The molecule has 6 nitrogen and oxygen atoms in total. The Bertz CT molecular complexity index is 598. The minimum Gasteiger partial charge on any atom is -0.493 e. The van der Waals surface area contributed by atoms with Crippen molar-refractivity contribution in [2.24, 2.45) is 4.99 Å². The lowest BCUT2D eigenvalue weighted by molar-refractivity contribution is 0.173. The molecule has 1 rings (SSSR count). The van der Waals surface area contributed by atoms with E-state index in [1.807, 2.05) is 12.1 Å². The summed E-state index contributed by atoms with van der Waals surface area (Å²) in [6.45, 7) is 11.6. The SMILES string of the molecule is CN=C(NCCCN(C(C)C)C(C)C)NCc1cc(Br)c(OC)c(OC)c1. The molecule has 0 spiro atoms. The molecule has 0 fully saturated rings. The zero-order valence-electron chi connectivity index (χ0n) is 17.7. The predicted octanol–water partition coefficient (Wildman–Crippen LogP) is 3.64. The van der Waals surface area contributed by atoms with Crippen molar-refractivity contribution >= 4 is 21.9 Å². The zero-order chi connectivity index (χ0) is 20.4. The molecule has 0 aliphatic heterocycles. The standard InChI is InChI=1S/C20H35BrN4O2/c1-14(2)25(15(3)4)10-8-9-23-20(22-5)24-13-16-11-17(21)19(27-7)18(12-16)26-6/h11-12,14-15H,8-10,13H2,1-7H3,(H2,22,23,24). The fraction of sp³-hybridized carbons (Fsp3) is 0.650. The van der Waals surface area contributed by atoms with Crippen LogP contribution in [0.1, 0.15) is 39.7 Å². The van der Waals surface area contributed by atoms with E-state index in [0.29, 0.717) is 30.1 Å². The zero-order valence-corrected chi connectivity index (χ0v) is 19.3. The van der Waals surface area contributed by atoms with Crippen LogP contribution in [0.5, 0.6) is 11.5 Å². The van der Waals surface area contributed by atoms with E-state index in [0.717, 1.165) is 35.5 Å². The number of hydrogen-bond acceptors (Lipinski definition) is 4. The molecule has 27 heavy (non-hydrogen) atoms. The van der Waals surface area contributed by atoms with Crippen molar-refractivity contribution in [3.63, 3.8) is 0 Å². The summed E-state index contributed by atoms with van der Waals surface area (Å²) in [5.74, 6) is 2.19. The molecule has 0 bridgehead atoms. The summed E-state index contributed by atoms with van der Waals surface area (Å²) in [5, 5.41) is 6.73. The lowest BCUT2D eigenvalue weighted by Crippen LogP contribution is -2.41. The molecule has 0 saturated carbocycles. The Labute approximate surface area is 172 Å². The Morgan fingerprint density at radius 3 is 2.30 bits per heavy atom. The molecule has 0 atom stereocenters. The third-order valence-electron chi connectivity index (χ3n) is 4.39. The van der Waals surface area contributed by atoms with Crippen LogP contribution in [0.25, 0.3) is 0 Å². The number of hydrogen-bond donors (Lipinski definition) is 2. The van der Waals surface area contributed by atoms with Crippen LogP contribution < -0.4 is 20.1 Å². The number of aliphatic imine (C=N–C) groups is 1. The largest absolute Gasteiger partial charge is 0.493 e. The van der Waals surface area contributed by atoms with Gasteiger partial charge in [-0.05, 0) is 67.7 Å². The Morgan fingerprint density at radius 1 is 1.11 bits per heavy atom. The van der Waals surface area contributed by atoms with Gasteiger partial charge in [0, 0.05) is 38.8 Å². The van der Waals surface area contributed by atoms with E-state index in [9.17, 15) is 0 Å². The first-order valence-electron chi connectivity index (χ1n) is 9.44. The van der Waals surface area contributed by atoms with Crippen LogP contribution >= 0.6 is 15.9 Å². The molecule has 0 unspecified atom stereocenters. The van der Waals surface area contributed by atoms with Crippen LogP contribution in [0, 0.1) is 0 Å². The lowest BCUT2D eigenvalue weighted by atomic mass is 10.2. The highest BCUT2D eigenvalue weighted by molar-refractivity contribution is 9.10. The van der Waals surface area contributed by atoms with Crippen molar-refractivity contribution in [1.82, 2.24) is 15.5 Å². The van der Waals surface area contributed by atoms with Crippen LogP contribution in [-0.4, -0.2) is 57.3 Å². The van der Waals surface area contributed by atoms with Crippen molar-refractivity contribution in [2.75, 3.05) is 34.4 Å². The van der Waals surface area contributed by atoms with Crippen LogP contribution in [-0.2, 0) is 6.54 Å². The minimum atomic E-state index is 0.561. The van der Waals surface area contributed by atoms with Crippen LogP contribution in [0.15, 0.2) is 21.6 Å². The van der Waals surface area contributed by atoms with Gasteiger partial charge in [-0.1, -0.05) is 0 Å². The molecule has 0 heterocycles. The topological polar surface area (TPSA) is 58.1 Å². The summed E-state index contributed by atoms with van der Waals surface area (Å²) in [4.78, 5) is 6.80.